The first-order valence-corrected chi connectivity index (χ1v) is 13.7. The topological polar surface area (TPSA) is 126 Å². The number of carboxylic acid groups (broad SMARTS) is 1. The molecule has 0 amide bonds. The van der Waals surface area contributed by atoms with Crippen LogP contribution >= 0.6 is 0 Å². The Kier molecular flexibility index (Phi) is 6.68. The molecular weight excluding hydrogens is 549 g/mol. The van der Waals surface area contributed by atoms with E-state index < -0.39 is 34.3 Å². The summed E-state index contributed by atoms with van der Waals surface area (Å²) >= 11 is 0. The van der Waals surface area contributed by atoms with Gasteiger partial charge in [-0.25, -0.2) is 22.9 Å². The summed E-state index contributed by atoms with van der Waals surface area (Å²) in [4.78, 5) is 36.0. The molecule has 12 heteroatoms. The molecule has 3 aromatic heterocycles. The third-order valence-electron chi connectivity index (χ3n) is 8.32. The van der Waals surface area contributed by atoms with Crippen LogP contribution in [-0.2, 0) is 13.0 Å². The number of pyridine rings is 3. The second kappa shape index (κ2) is 10.1. The fourth-order valence-corrected chi connectivity index (χ4v) is 6.23. The number of aromatic nitrogens is 3. The molecule has 1 saturated heterocycles. The Morgan fingerprint density at radius 2 is 2.00 bits per heavy atom. The molecule has 42 heavy (non-hydrogen) atoms. The summed E-state index contributed by atoms with van der Waals surface area (Å²) in [6.07, 6.45) is 5.31. The number of carboxylic acids is 1. The van der Waals surface area contributed by atoms with Crippen molar-refractivity contribution in [1.29, 1.82) is 0 Å². The number of nitrogens with zero attached hydrogens (tertiary/aromatic N) is 4. The molecule has 1 aliphatic carbocycles. The summed E-state index contributed by atoms with van der Waals surface area (Å²) in [5, 5.41) is 12.7. The lowest BCUT2D eigenvalue weighted by atomic mass is 9.91. The van der Waals surface area contributed by atoms with E-state index in [9.17, 15) is 19.1 Å². The summed E-state index contributed by atoms with van der Waals surface area (Å²) in [6, 6.07) is 2.64. The normalized spacial score (nSPS) is 17.8. The molecule has 1 unspecified atom stereocenters. The van der Waals surface area contributed by atoms with E-state index in [-0.39, 0.29) is 36.9 Å². The van der Waals surface area contributed by atoms with E-state index in [2.05, 4.69) is 15.3 Å². The van der Waals surface area contributed by atoms with Crippen LogP contribution in [0.25, 0.3) is 33.3 Å². The fraction of sp³-hybridized carbons (Fsp3) is 0.333. The monoisotopic (exact) mass is 578 g/mol. The van der Waals surface area contributed by atoms with Crippen LogP contribution < -0.4 is 21.4 Å². The Hall–Kier alpha value is -4.45. The molecule has 1 aromatic carbocycles. The van der Waals surface area contributed by atoms with Crippen LogP contribution in [0.4, 0.5) is 24.5 Å². The van der Waals surface area contributed by atoms with Crippen LogP contribution in [0.5, 0.6) is 0 Å². The number of benzene rings is 1. The van der Waals surface area contributed by atoms with Crippen molar-refractivity contribution < 1.29 is 23.1 Å². The van der Waals surface area contributed by atoms with Gasteiger partial charge in [-0.15, -0.1) is 0 Å². The zero-order valence-electron chi connectivity index (χ0n) is 23.1. The molecule has 2 aliphatic rings. The lowest BCUT2D eigenvalue weighted by Crippen LogP contribution is -2.50. The van der Waals surface area contributed by atoms with Gasteiger partial charge in [0.25, 0.3) is 0 Å². The molecule has 4 heterocycles. The number of piperidine rings is 1. The number of aryl methyl sites for hydroxylation is 1. The largest absolute Gasteiger partial charge is 0.477 e. The quantitative estimate of drug-likeness (QED) is 0.272. The maximum atomic E-state index is 15.7. The Morgan fingerprint density at radius 3 is 2.69 bits per heavy atom. The van der Waals surface area contributed by atoms with Gasteiger partial charge in [0.15, 0.2) is 11.6 Å². The van der Waals surface area contributed by atoms with Gasteiger partial charge in [0.05, 0.1) is 23.3 Å². The van der Waals surface area contributed by atoms with E-state index in [1.807, 2.05) is 0 Å². The van der Waals surface area contributed by atoms with Crippen LogP contribution in [0.3, 0.4) is 0 Å². The number of carbonyl (C=O) groups is 1. The van der Waals surface area contributed by atoms with Crippen molar-refractivity contribution in [3.63, 3.8) is 0 Å². The van der Waals surface area contributed by atoms with Gasteiger partial charge < -0.3 is 25.6 Å². The smallest absolute Gasteiger partial charge is 0.341 e. The fourth-order valence-electron chi connectivity index (χ4n) is 6.23. The van der Waals surface area contributed by atoms with Gasteiger partial charge in [-0.1, -0.05) is 0 Å². The van der Waals surface area contributed by atoms with Gasteiger partial charge >= 0.3 is 5.97 Å². The third-order valence-corrected chi connectivity index (χ3v) is 8.32. The predicted octanol–water partition coefficient (Wildman–Crippen LogP) is 4.33. The number of fused-ring (bicyclic) bond motifs is 4. The van der Waals surface area contributed by atoms with Crippen molar-refractivity contribution >= 4 is 28.4 Å². The highest BCUT2D eigenvalue weighted by Crippen LogP contribution is 2.50. The maximum Gasteiger partial charge on any atom is 0.341 e. The van der Waals surface area contributed by atoms with E-state index in [1.165, 1.54) is 18.5 Å². The summed E-state index contributed by atoms with van der Waals surface area (Å²) in [5.41, 5.74) is 6.44. The SMILES string of the molecule is CCn1cc(C(=O)O)c(=O)c2cc(-c3cnc4c(c3N3CCCC(F)(CN)C3)-c3c(F)c(F)cc(NC)c3C4)cnc21. The second-order valence-corrected chi connectivity index (χ2v) is 10.8. The van der Waals surface area contributed by atoms with E-state index in [1.54, 1.807) is 29.6 Å². The van der Waals surface area contributed by atoms with E-state index in [0.717, 1.165) is 6.07 Å². The molecular formula is C30H29F3N6O3. The molecule has 218 valence electrons. The zero-order chi connectivity index (χ0) is 29.9. The average Bonchev–Trinajstić information content (AvgIpc) is 3.38. The van der Waals surface area contributed by atoms with Crippen LogP contribution in [0.15, 0.2) is 35.5 Å². The summed E-state index contributed by atoms with van der Waals surface area (Å²) in [7, 11) is 1.62. The number of nitrogens with two attached hydrogens (primary N) is 1. The highest BCUT2D eigenvalue weighted by Gasteiger charge is 2.39. The third kappa shape index (κ3) is 4.20. The molecule has 6 rings (SSSR count). The molecule has 0 saturated carbocycles. The number of hydrogen-bond acceptors (Lipinski definition) is 7. The van der Waals surface area contributed by atoms with Crippen LogP contribution in [0.2, 0.25) is 0 Å². The molecule has 1 aliphatic heterocycles. The van der Waals surface area contributed by atoms with Gasteiger partial charge in [0, 0.05) is 85.7 Å². The highest BCUT2D eigenvalue weighted by molar-refractivity contribution is 5.98. The first kappa shape index (κ1) is 27.7. The lowest BCUT2D eigenvalue weighted by Gasteiger charge is -2.39. The van der Waals surface area contributed by atoms with Crippen molar-refractivity contribution in [2.24, 2.45) is 5.73 Å². The van der Waals surface area contributed by atoms with Crippen LogP contribution in [0, 0.1) is 11.6 Å². The average molecular weight is 579 g/mol. The Bertz CT molecular complexity index is 1840. The molecule has 0 radical (unpaired) electrons. The molecule has 0 bridgehead atoms. The van der Waals surface area contributed by atoms with Gasteiger partial charge in [-0.3, -0.25) is 9.78 Å². The number of hydrogen-bond donors (Lipinski definition) is 3. The van der Waals surface area contributed by atoms with Gasteiger partial charge in [-0.05, 0) is 31.4 Å². The molecule has 9 nitrogen and oxygen atoms in total. The Balaban J connectivity index is 1.66. The second-order valence-electron chi connectivity index (χ2n) is 10.8. The first-order chi connectivity index (χ1) is 20.1. The molecule has 1 fully saturated rings. The Labute approximate surface area is 238 Å². The van der Waals surface area contributed by atoms with Gasteiger partial charge in [-0.2, -0.15) is 0 Å². The summed E-state index contributed by atoms with van der Waals surface area (Å²) < 4.78 is 47.8. The highest BCUT2D eigenvalue weighted by atomic mass is 19.2. The maximum absolute atomic E-state index is 15.7. The number of anilines is 2. The molecule has 4 N–H and O–H groups in total. The van der Waals surface area contributed by atoms with Gasteiger partial charge in [0.2, 0.25) is 5.43 Å². The Morgan fingerprint density at radius 1 is 1.21 bits per heavy atom. The molecule has 1 atom stereocenters. The van der Waals surface area contributed by atoms with Crippen LogP contribution in [0.1, 0.15) is 41.4 Å². The van der Waals surface area contributed by atoms with Crippen molar-refractivity contribution in [1.82, 2.24) is 14.5 Å². The minimum Gasteiger partial charge on any atom is -0.477 e. The zero-order valence-corrected chi connectivity index (χ0v) is 23.1. The lowest BCUT2D eigenvalue weighted by molar-refractivity contribution is 0.0694. The summed E-state index contributed by atoms with van der Waals surface area (Å²) in [6.45, 7) is 2.31. The van der Waals surface area contributed by atoms with Crippen molar-refractivity contribution in [2.75, 3.05) is 36.9 Å². The van der Waals surface area contributed by atoms with Crippen molar-refractivity contribution in [3.05, 3.63) is 69.4 Å². The van der Waals surface area contributed by atoms with Crippen molar-refractivity contribution in [2.45, 2.75) is 38.4 Å². The summed E-state index contributed by atoms with van der Waals surface area (Å²) in [5.74, 6) is -3.42. The minimum absolute atomic E-state index is 0.0525. The number of nitrogens with one attached hydrogen (secondary N) is 1. The number of aromatic carboxylic acids is 1. The number of alkyl halides is 1. The molecule has 0 spiro atoms. The van der Waals surface area contributed by atoms with Crippen molar-refractivity contribution in [3.8, 4) is 22.3 Å². The van der Waals surface area contributed by atoms with E-state index in [0.29, 0.717) is 64.5 Å². The standard InChI is InChI=1S/C30H29F3N6O3/c1-3-38-12-19(29(41)42)27(40)17-7-15(10-37-28(17)38)18-11-36-22-8-16-21(35-2)9-20(31)25(32)23(16)24(22)26(18)39-6-4-5-30(33,13-34)14-39/h7,9-12,35H,3-6,8,13-14,34H2,1-2H3,(H,41,42). The number of rotatable bonds is 6. The van der Waals surface area contributed by atoms with E-state index >= 15 is 8.78 Å². The first-order valence-electron chi connectivity index (χ1n) is 13.7. The van der Waals surface area contributed by atoms with Crippen LogP contribution in [-0.4, -0.2) is 58.0 Å². The minimum atomic E-state index is -1.70. The molecule has 4 aromatic rings. The predicted molar refractivity (Wildman–Crippen MR) is 154 cm³/mol. The number of halogens is 3. The van der Waals surface area contributed by atoms with Gasteiger partial charge in [0.1, 0.15) is 16.9 Å². The van der Waals surface area contributed by atoms with E-state index in [4.69, 9.17) is 5.73 Å².